The Labute approximate surface area is 236 Å². The molecule has 1 aromatic carbocycles. The van der Waals surface area contributed by atoms with Crippen molar-refractivity contribution < 1.29 is 9.53 Å². The Bertz CT molecular complexity index is 1670. The smallest absolute Gasteiger partial charge is 0.269 e. The number of ether oxygens (including phenoxy) is 1. The number of pyridine rings is 2. The number of nitriles is 1. The number of aromatic nitrogens is 4. The van der Waals surface area contributed by atoms with E-state index in [9.17, 15) is 9.59 Å². The maximum absolute atomic E-state index is 13.3. The molecule has 2 aliphatic rings. The number of carbonyl (C=O) groups is 1. The number of rotatable bonds is 6. The van der Waals surface area contributed by atoms with Crippen LogP contribution in [0.3, 0.4) is 0 Å². The highest BCUT2D eigenvalue weighted by molar-refractivity contribution is 5.94. The molecule has 1 amide bonds. The average Bonchev–Trinajstić information content (AvgIpc) is 3.39. The van der Waals surface area contributed by atoms with Crippen LogP contribution in [0.25, 0.3) is 0 Å². The molecule has 41 heavy (non-hydrogen) atoms. The first kappa shape index (κ1) is 26.0. The van der Waals surface area contributed by atoms with Crippen molar-refractivity contribution in [3.05, 3.63) is 105 Å². The molecule has 0 spiro atoms. The van der Waals surface area contributed by atoms with E-state index in [2.05, 4.69) is 48.2 Å². The molecule has 3 aromatic heterocycles. The zero-order chi connectivity index (χ0) is 28.3. The van der Waals surface area contributed by atoms with Crippen LogP contribution >= 0.6 is 0 Å². The minimum atomic E-state index is -0.222. The second kappa shape index (κ2) is 11.1. The first-order chi connectivity index (χ1) is 20.0. The third kappa shape index (κ3) is 5.19. The maximum Gasteiger partial charge on any atom is 0.269 e. The van der Waals surface area contributed by atoms with Crippen molar-refractivity contribution in [1.82, 2.24) is 25.1 Å². The average molecular weight is 549 g/mol. The standard InChI is InChI=1S/C30H28N8O3/c1-20-25(17-34-35-29(20)39)38-18-23-4-2-3-5-24(23)26(38)19-41-28-14-22(8-9-32-28)30(40)37-12-10-36(11-13-37)27-7-6-21(15-31)16-33-27/h2-9,14,16-17,26H,10-13,18-19H2,1H3,(H,35,39)/t26-/m1/s1. The molecule has 0 radical (unpaired) electrons. The molecular weight excluding hydrogens is 520 g/mol. The minimum Gasteiger partial charge on any atom is -0.475 e. The van der Waals surface area contributed by atoms with Crippen molar-refractivity contribution >= 4 is 17.4 Å². The molecule has 6 rings (SSSR count). The number of piperazine rings is 1. The topological polar surface area (TPSA) is 131 Å². The van der Waals surface area contributed by atoms with Crippen LogP contribution < -0.4 is 20.1 Å². The molecule has 5 heterocycles. The molecule has 11 nitrogen and oxygen atoms in total. The Morgan fingerprint density at radius 3 is 2.71 bits per heavy atom. The van der Waals surface area contributed by atoms with E-state index in [1.165, 1.54) is 0 Å². The van der Waals surface area contributed by atoms with E-state index in [0.29, 0.717) is 55.3 Å². The number of anilines is 2. The summed E-state index contributed by atoms with van der Waals surface area (Å²) in [5.41, 5.74) is 4.44. The number of carbonyl (C=O) groups excluding carboxylic acids is 1. The second-order valence-electron chi connectivity index (χ2n) is 10.0. The van der Waals surface area contributed by atoms with Crippen LogP contribution in [-0.2, 0) is 6.54 Å². The van der Waals surface area contributed by atoms with Gasteiger partial charge in [-0.25, -0.2) is 15.1 Å². The van der Waals surface area contributed by atoms with Crippen molar-refractivity contribution in [1.29, 1.82) is 5.26 Å². The van der Waals surface area contributed by atoms with E-state index in [0.717, 1.165) is 22.6 Å². The van der Waals surface area contributed by atoms with E-state index in [-0.39, 0.29) is 24.1 Å². The lowest BCUT2D eigenvalue weighted by atomic mass is 10.1. The summed E-state index contributed by atoms with van der Waals surface area (Å²) in [7, 11) is 0. The van der Waals surface area contributed by atoms with Gasteiger partial charge in [0, 0.05) is 62.3 Å². The van der Waals surface area contributed by atoms with E-state index < -0.39 is 0 Å². The van der Waals surface area contributed by atoms with Crippen LogP contribution in [0.4, 0.5) is 11.5 Å². The number of benzene rings is 1. The van der Waals surface area contributed by atoms with Crippen LogP contribution in [0, 0.1) is 18.3 Å². The minimum absolute atomic E-state index is 0.0808. The van der Waals surface area contributed by atoms with Gasteiger partial charge in [-0.2, -0.15) is 10.4 Å². The number of nitrogens with zero attached hydrogens (tertiary/aromatic N) is 7. The molecule has 4 aromatic rings. The number of nitrogens with one attached hydrogen (secondary N) is 1. The number of amides is 1. The van der Waals surface area contributed by atoms with Gasteiger partial charge in [0.2, 0.25) is 5.88 Å². The molecule has 0 aliphatic carbocycles. The van der Waals surface area contributed by atoms with E-state index in [1.54, 1.807) is 43.7 Å². The highest BCUT2D eigenvalue weighted by Crippen LogP contribution is 2.38. The van der Waals surface area contributed by atoms with Gasteiger partial charge in [-0.15, -0.1) is 0 Å². The monoisotopic (exact) mass is 548 g/mol. The van der Waals surface area contributed by atoms with E-state index >= 15 is 0 Å². The molecule has 2 aliphatic heterocycles. The number of hydrogen-bond donors (Lipinski definition) is 1. The molecular formula is C30H28N8O3. The number of aromatic amines is 1. The molecule has 1 atom stereocenters. The Kier molecular flexibility index (Phi) is 7.04. The van der Waals surface area contributed by atoms with Gasteiger partial charge in [0.25, 0.3) is 11.5 Å². The largest absolute Gasteiger partial charge is 0.475 e. The number of H-pyrrole nitrogens is 1. The van der Waals surface area contributed by atoms with Crippen molar-refractivity contribution in [2.75, 3.05) is 42.6 Å². The third-order valence-electron chi connectivity index (χ3n) is 7.66. The van der Waals surface area contributed by atoms with Gasteiger partial charge >= 0.3 is 0 Å². The molecule has 0 bridgehead atoms. The summed E-state index contributed by atoms with van der Waals surface area (Å²) in [5.74, 6) is 1.08. The summed E-state index contributed by atoms with van der Waals surface area (Å²) in [6.07, 6.45) is 4.82. The van der Waals surface area contributed by atoms with Crippen LogP contribution in [0.2, 0.25) is 0 Å². The summed E-state index contributed by atoms with van der Waals surface area (Å²) in [6, 6.07) is 17.0. The Balaban J connectivity index is 1.13. The van der Waals surface area contributed by atoms with Crippen molar-refractivity contribution in [3.63, 3.8) is 0 Å². The van der Waals surface area contributed by atoms with E-state index in [1.807, 2.05) is 23.1 Å². The highest BCUT2D eigenvalue weighted by Gasteiger charge is 2.32. The van der Waals surface area contributed by atoms with Gasteiger partial charge in [-0.3, -0.25) is 9.59 Å². The SMILES string of the molecule is Cc1c(N2Cc3ccccc3[C@H]2COc2cc(C(=O)N3CCN(c4ccc(C#N)cn4)CC3)ccn2)cn[nH]c1=O. The van der Waals surface area contributed by atoms with Gasteiger partial charge < -0.3 is 19.4 Å². The van der Waals surface area contributed by atoms with Gasteiger partial charge in [0.05, 0.1) is 23.5 Å². The predicted octanol–water partition coefficient (Wildman–Crippen LogP) is 2.84. The number of hydrogen-bond acceptors (Lipinski definition) is 9. The molecule has 11 heteroatoms. The number of fused-ring (bicyclic) bond motifs is 1. The lowest BCUT2D eigenvalue weighted by Crippen LogP contribution is -2.49. The highest BCUT2D eigenvalue weighted by atomic mass is 16.5. The van der Waals surface area contributed by atoms with Crippen LogP contribution in [-0.4, -0.2) is 63.8 Å². The third-order valence-corrected chi connectivity index (χ3v) is 7.66. The summed E-state index contributed by atoms with van der Waals surface area (Å²) in [4.78, 5) is 40.4. The summed E-state index contributed by atoms with van der Waals surface area (Å²) < 4.78 is 6.17. The van der Waals surface area contributed by atoms with Gasteiger partial charge in [-0.1, -0.05) is 24.3 Å². The lowest BCUT2D eigenvalue weighted by molar-refractivity contribution is 0.0745. The molecule has 0 unspecified atom stereocenters. The van der Waals surface area contributed by atoms with Crippen LogP contribution in [0.15, 0.2) is 71.9 Å². The maximum atomic E-state index is 13.3. The van der Waals surface area contributed by atoms with E-state index in [4.69, 9.17) is 10.00 Å². The molecule has 0 saturated carbocycles. The fourth-order valence-corrected chi connectivity index (χ4v) is 5.38. The Hall–Kier alpha value is -5.24. The van der Waals surface area contributed by atoms with Gasteiger partial charge in [0.1, 0.15) is 18.5 Å². The Morgan fingerprint density at radius 1 is 1.10 bits per heavy atom. The first-order valence-electron chi connectivity index (χ1n) is 13.4. The van der Waals surface area contributed by atoms with Crippen LogP contribution in [0.5, 0.6) is 5.88 Å². The quantitative estimate of drug-likeness (QED) is 0.386. The van der Waals surface area contributed by atoms with Gasteiger partial charge in [-0.05, 0) is 36.2 Å². The molecule has 206 valence electrons. The summed E-state index contributed by atoms with van der Waals surface area (Å²) >= 11 is 0. The van der Waals surface area contributed by atoms with Crippen molar-refractivity contribution in [2.45, 2.75) is 19.5 Å². The fourth-order valence-electron chi connectivity index (χ4n) is 5.38. The normalized spacial score (nSPS) is 16.3. The summed E-state index contributed by atoms with van der Waals surface area (Å²) in [5, 5.41) is 15.5. The lowest BCUT2D eigenvalue weighted by Gasteiger charge is -2.35. The molecule has 1 saturated heterocycles. The van der Waals surface area contributed by atoms with Crippen molar-refractivity contribution in [3.8, 4) is 11.9 Å². The zero-order valence-corrected chi connectivity index (χ0v) is 22.5. The zero-order valence-electron chi connectivity index (χ0n) is 22.5. The predicted molar refractivity (Wildman–Crippen MR) is 152 cm³/mol. The summed E-state index contributed by atoms with van der Waals surface area (Å²) in [6.45, 7) is 5.09. The van der Waals surface area contributed by atoms with Crippen molar-refractivity contribution in [2.24, 2.45) is 0 Å². The second-order valence-corrected chi connectivity index (χ2v) is 10.0. The molecule has 1 fully saturated rings. The fraction of sp³-hybridized carbons (Fsp3) is 0.267. The Morgan fingerprint density at radius 2 is 1.93 bits per heavy atom. The van der Waals surface area contributed by atoms with Crippen LogP contribution in [0.1, 0.15) is 38.7 Å². The van der Waals surface area contributed by atoms with Gasteiger partial charge in [0.15, 0.2) is 0 Å². The molecule has 1 N–H and O–H groups in total. The first-order valence-corrected chi connectivity index (χ1v) is 13.4.